The second kappa shape index (κ2) is 5.39. The Morgan fingerprint density at radius 3 is 2.79 bits per heavy atom. The van der Waals surface area contributed by atoms with Crippen molar-refractivity contribution >= 4 is 5.95 Å². The first-order valence-corrected chi connectivity index (χ1v) is 4.41. The van der Waals surface area contributed by atoms with Crippen LogP contribution in [-0.4, -0.2) is 37.3 Å². The average Bonchev–Trinajstić information content (AvgIpc) is 2.17. The number of hydrogen-bond donors (Lipinski definition) is 1. The molecule has 1 rings (SSSR count). The third kappa shape index (κ3) is 3.18. The Bertz CT molecular complexity index is 291. The first-order valence-electron chi connectivity index (χ1n) is 4.41. The van der Waals surface area contributed by atoms with E-state index in [-0.39, 0.29) is 0 Å². The molecule has 1 aromatic rings. The summed E-state index contributed by atoms with van der Waals surface area (Å²) in [6.07, 6.45) is 0. The van der Waals surface area contributed by atoms with Gasteiger partial charge in [-0.15, -0.1) is 0 Å². The highest BCUT2D eigenvalue weighted by Gasteiger charge is 2.00. The van der Waals surface area contributed by atoms with E-state index in [2.05, 4.69) is 15.3 Å². The third-order valence-corrected chi connectivity index (χ3v) is 1.59. The van der Waals surface area contributed by atoms with E-state index in [1.54, 1.807) is 20.2 Å². The van der Waals surface area contributed by atoms with Crippen molar-refractivity contribution in [3.8, 4) is 5.88 Å². The maximum atomic E-state index is 5.35. The molecule has 0 aliphatic heterocycles. The van der Waals surface area contributed by atoms with Gasteiger partial charge in [-0.05, 0) is 6.92 Å². The Hall–Kier alpha value is -1.36. The van der Waals surface area contributed by atoms with Crippen LogP contribution in [0, 0.1) is 6.92 Å². The lowest BCUT2D eigenvalue weighted by atomic mass is 10.4. The zero-order chi connectivity index (χ0) is 10.4. The standard InChI is InChI=1S/C9H15N3O2/c1-7-6-8(14-5-4-13-3)12-9(10-2)11-7/h6H,4-5H2,1-3H3,(H,10,11,12). The number of hydrogen-bond acceptors (Lipinski definition) is 5. The first-order chi connectivity index (χ1) is 6.76. The van der Waals surface area contributed by atoms with Crippen LogP contribution in [0.25, 0.3) is 0 Å². The predicted octanol–water partition coefficient (Wildman–Crippen LogP) is 0.852. The summed E-state index contributed by atoms with van der Waals surface area (Å²) in [5.74, 6) is 1.14. The lowest BCUT2D eigenvalue weighted by molar-refractivity contribution is 0.143. The summed E-state index contributed by atoms with van der Waals surface area (Å²) in [4.78, 5) is 8.27. The van der Waals surface area contributed by atoms with Crippen LogP contribution >= 0.6 is 0 Å². The Morgan fingerprint density at radius 2 is 2.14 bits per heavy atom. The van der Waals surface area contributed by atoms with Gasteiger partial charge >= 0.3 is 0 Å². The number of anilines is 1. The van der Waals surface area contributed by atoms with E-state index in [0.29, 0.717) is 25.0 Å². The maximum Gasteiger partial charge on any atom is 0.225 e. The Kier molecular flexibility index (Phi) is 4.12. The van der Waals surface area contributed by atoms with Crippen molar-refractivity contribution in [2.75, 3.05) is 32.7 Å². The SMILES string of the molecule is CNc1nc(C)cc(OCCOC)n1. The van der Waals surface area contributed by atoms with Gasteiger partial charge in [0.25, 0.3) is 0 Å². The van der Waals surface area contributed by atoms with Crippen molar-refractivity contribution in [2.24, 2.45) is 0 Å². The summed E-state index contributed by atoms with van der Waals surface area (Å²) < 4.78 is 10.2. The molecule has 0 bridgehead atoms. The van der Waals surface area contributed by atoms with E-state index >= 15 is 0 Å². The van der Waals surface area contributed by atoms with Crippen molar-refractivity contribution in [1.29, 1.82) is 0 Å². The van der Waals surface area contributed by atoms with E-state index in [0.717, 1.165) is 5.69 Å². The normalized spacial score (nSPS) is 9.93. The van der Waals surface area contributed by atoms with Crippen LogP contribution in [-0.2, 0) is 4.74 Å². The zero-order valence-electron chi connectivity index (χ0n) is 8.70. The van der Waals surface area contributed by atoms with Crippen LogP contribution in [0.4, 0.5) is 5.95 Å². The van der Waals surface area contributed by atoms with Crippen molar-refractivity contribution in [3.63, 3.8) is 0 Å². The summed E-state index contributed by atoms with van der Waals surface area (Å²) in [6, 6.07) is 1.79. The van der Waals surface area contributed by atoms with Gasteiger partial charge in [-0.25, -0.2) is 4.98 Å². The Morgan fingerprint density at radius 1 is 1.36 bits per heavy atom. The van der Waals surface area contributed by atoms with Gasteiger partial charge in [-0.1, -0.05) is 0 Å². The highest BCUT2D eigenvalue weighted by molar-refractivity contribution is 5.29. The zero-order valence-corrected chi connectivity index (χ0v) is 8.70. The summed E-state index contributed by atoms with van der Waals surface area (Å²) in [6.45, 7) is 2.94. The summed E-state index contributed by atoms with van der Waals surface area (Å²) >= 11 is 0. The minimum atomic E-state index is 0.496. The molecule has 14 heavy (non-hydrogen) atoms. The Labute approximate surface area is 83.5 Å². The molecule has 0 spiro atoms. The van der Waals surface area contributed by atoms with Crippen LogP contribution in [0.15, 0.2) is 6.07 Å². The van der Waals surface area contributed by atoms with E-state index in [4.69, 9.17) is 9.47 Å². The lowest BCUT2D eigenvalue weighted by Crippen LogP contribution is -2.07. The quantitative estimate of drug-likeness (QED) is 0.709. The molecule has 0 aromatic carbocycles. The lowest BCUT2D eigenvalue weighted by Gasteiger charge is -2.06. The largest absolute Gasteiger partial charge is 0.475 e. The van der Waals surface area contributed by atoms with Gasteiger partial charge in [0.2, 0.25) is 11.8 Å². The number of aryl methyl sites for hydroxylation is 1. The number of nitrogens with zero attached hydrogens (tertiary/aromatic N) is 2. The second-order valence-corrected chi connectivity index (χ2v) is 2.76. The molecule has 78 valence electrons. The average molecular weight is 197 g/mol. The van der Waals surface area contributed by atoms with Crippen LogP contribution in [0.1, 0.15) is 5.69 Å². The topological polar surface area (TPSA) is 56.3 Å². The summed E-state index contributed by atoms with van der Waals surface area (Å²) in [5.41, 5.74) is 0.872. The molecule has 5 heteroatoms. The molecule has 0 radical (unpaired) electrons. The van der Waals surface area contributed by atoms with Crippen molar-refractivity contribution in [1.82, 2.24) is 9.97 Å². The minimum Gasteiger partial charge on any atom is -0.475 e. The van der Waals surface area contributed by atoms with Gasteiger partial charge in [-0.2, -0.15) is 4.98 Å². The molecule has 5 nitrogen and oxygen atoms in total. The summed E-state index contributed by atoms with van der Waals surface area (Å²) in [7, 11) is 3.40. The summed E-state index contributed by atoms with van der Waals surface area (Å²) in [5, 5.41) is 2.87. The fourth-order valence-corrected chi connectivity index (χ4v) is 0.955. The molecule has 0 saturated carbocycles. The molecular formula is C9H15N3O2. The minimum absolute atomic E-state index is 0.496. The number of methoxy groups -OCH3 is 1. The van der Waals surface area contributed by atoms with Gasteiger partial charge in [0, 0.05) is 25.9 Å². The van der Waals surface area contributed by atoms with E-state index in [1.165, 1.54) is 0 Å². The molecule has 1 aromatic heterocycles. The number of nitrogens with one attached hydrogen (secondary N) is 1. The number of rotatable bonds is 5. The van der Waals surface area contributed by atoms with Gasteiger partial charge in [0.15, 0.2) is 0 Å². The highest BCUT2D eigenvalue weighted by atomic mass is 16.5. The van der Waals surface area contributed by atoms with E-state index < -0.39 is 0 Å². The monoisotopic (exact) mass is 197 g/mol. The Balaban J connectivity index is 2.62. The van der Waals surface area contributed by atoms with Crippen LogP contribution < -0.4 is 10.1 Å². The number of ether oxygens (including phenoxy) is 2. The molecule has 0 fully saturated rings. The second-order valence-electron chi connectivity index (χ2n) is 2.76. The molecule has 0 unspecified atom stereocenters. The van der Waals surface area contributed by atoms with Crippen LogP contribution in [0.3, 0.4) is 0 Å². The van der Waals surface area contributed by atoms with Crippen LogP contribution in [0.5, 0.6) is 5.88 Å². The highest BCUT2D eigenvalue weighted by Crippen LogP contribution is 2.10. The van der Waals surface area contributed by atoms with Crippen molar-refractivity contribution < 1.29 is 9.47 Å². The van der Waals surface area contributed by atoms with Crippen molar-refractivity contribution in [2.45, 2.75) is 6.92 Å². The number of aromatic nitrogens is 2. The van der Waals surface area contributed by atoms with Crippen molar-refractivity contribution in [3.05, 3.63) is 11.8 Å². The predicted molar refractivity (Wildman–Crippen MR) is 53.7 cm³/mol. The van der Waals surface area contributed by atoms with E-state index in [1.807, 2.05) is 6.92 Å². The van der Waals surface area contributed by atoms with E-state index in [9.17, 15) is 0 Å². The van der Waals surface area contributed by atoms with Gasteiger partial charge in [0.1, 0.15) is 6.61 Å². The molecule has 0 saturated heterocycles. The molecule has 1 heterocycles. The van der Waals surface area contributed by atoms with Gasteiger partial charge < -0.3 is 14.8 Å². The molecule has 0 aliphatic rings. The third-order valence-electron chi connectivity index (χ3n) is 1.59. The molecule has 1 N–H and O–H groups in total. The molecule has 0 amide bonds. The maximum absolute atomic E-state index is 5.35. The molecule has 0 atom stereocenters. The fourth-order valence-electron chi connectivity index (χ4n) is 0.955. The molecular weight excluding hydrogens is 182 g/mol. The van der Waals surface area contributed by atoms with Crippen LogP contribution in [0.2, 0.25) is 0 Å². The fraction of sp³-hybridized carbons (Fsp3) is 0.556. The van der Waals surface area contributed by atoms with Gasteiger partial charge in [-0.3, -0.25) is 0 Å². The first kappa shape index (κ1) is 10.7. The molecule has 0 aliphatic carbocycles. The smallest absolute Gasteiger partial charge is 0.225 e. The van der Waals surface area contributed by atoms with Gasteiger partial charge in [0.05, 0.1) is 6.61 Å².